The quantitative estimate of drug-likeness (QED) is 0.339. The van der Waals surface area contributed by atoms with Crippen molar-refractivity contribution in [3.63, 3.8) is 0 Å². The summed E-state index contributed by atoms with van der Waals surface area (Å²) in [5.74, 6) is -0.506. The van der Waals surface area contributed by atoms with E-state index in [0.717, 1.165) is 0 Å². The number of carbonyl (C=O) groups excluding carboxylic acids is 2. The maximum atomic E-state index is 13.3. The molecule has 1 aliphatic rings. The summed E-state index contributed by atoms with van der Waals surface area (Å²) in [5.41, 5.74) is 4.19. The Bertz CT molecular complexity index is 1450. The Hall–Kier alpha value is -4.56. The van der Waals surface area contributed by atoms with E-state index in [2.05, 4.69) is 25.5 Å². The molecule has 4 aromatic rings. The number of hydrogen-bond donors (Lipinski definition) is 3. The number of morpholine rings is 1. The zero-order valence-corrected chi connectivity index (χ0v) is 19.3. The average Bonchev–Trinajstić information content (AvgIpc) is 3.51. The first-order chi connectivity index (χ1) is 17.3. The number of anilines is 3. The molecule has 0 aliphatic carbocycles. The van der Waals surface area contributed by atoms with Crippen LogP contribution in [0.1, 0.15) is 6.92 Å². The number of nitrogen functional groups attached to an aromatic ring is 1. The smallest absolute Gasteiger partial charge is 0.318 e. The molecule has 14 heteroatoms. The topological polar surface area (TPSA) is 184 Å². The summed E-state index contributed by atoms with van der Waals surface area (Å²) in [5, 5.41) is 22.3. The molecule has 4 heterocycles. The van der Waals surface area contributed by atoms with Crippen molar-refractivity contribution in [2.75, 3.05) is 36.2 Å². The summed E-state index contributed by atoms with van der Waals surface area (Å²) in [4.78, 5) is 35.8. The van der Waals surface area contributed by atoms with Crippen molar-refractivity contribution in [3.05, 3.63) is 42.7 Å². The molecule has 14 nitrogen and oxygen atoms in total. The standard InChI is InChI=1S/C22H22N8O6/c1-22(33,20(32)25-12-3-4-13-14(11-12)36-28-18(13)23)17-19(31)29(9-10-35-17)16-6-8-30(27-16)15-5-7-24-21(26-15)34-2/h3-8,11,17,33H,9-10H2,1-2H3,(H2,23,28)(H,25,32)/t17-,22?/m0/s1. The second kappa shape index (κ2) is 8.90. The molecule has 0 spiro atoms. The number of carbonyl (C=O) groups is 2. The van der Waals surface area contributed by atoms with E-state index in [9.17, 15) is 14.7 Å². The van der Waals surface area contributed by atoms with Gasteiger partial charge in [-0.15, -0.1) is 5.10 Å². The van der Waals surface area contributed by atoms with E-state index < -0.39 is 23.5 Å². The predicted molar refractivity (Wildman–Crippen MR) is 125 cm³/mol. The minimum atomic E-state index is -2.20. The molecule has 0 bridgehead atoms. The van der Waals surface area contributed by atoms with E-state index in [1.807, 2.05) is 0 Å². The number of aliphatic hydroxyl groups is 1. The van der Waals surface area contributed by atoms with Gasteiger partial charge in [-0.1, -0.05) is 5.16 Å². The zero-order chi connectivity index (χ0) is 25.4. The van der Waals surface area contributed by atoms with Crippen LogP contribution in [0.2, 0.25) is 0 Å². The fourth-order valence-corrected chi connectivity index (χ4v) is 3.77. The van der Waals surface area contributed by atoms with Gasteiger partial charge in [0.05, 0.1) is 25.6 Å². The number of rotatable bonds is 6. The van der Waals surface area contributed by atoms with Crippen LogP contribution in [0.4, 0.5) is 17.3 Å². The molecular formula is C22H22N8O6. The van der Waals surface area contributed by atoms with Crippen LogP contribution in [0.25, 0.3) is 16.8 Å². The lowest BCUT2D eigenvalue weighted by Crippen LogP contribution is -2.61. The first-order valence-electron chi connectivity index (χ1n) is 10.8. The number of benzene rings is 1. The van der Waals surface area contributed by atoms with Crippen LogP contribution in [0.3, 0.4) is 0 Å². The number of hydrogen-bond acceptors (Lipinski definition) is 11. The molecule has 1 unspecified atom stereocenters. The summed E-state index contributed by atoms with van der Waals surface area (Å²) >= 11 is 0. The lowest BCUT2D eigenvalue weighted by molar-refractivity contribution is -0.165. The van der Waals surface area contributed by atoms with Crippen molar-refractivity contribution >= 4 is 40.1 Å². The highest BCUT2D eigenvalue weighted by molar-refractivity contribution is 6.06. The van der Waals surface area contributed by atoms with Gasteiger partial charge in [-0.2, -0.15) is 4.98 Å². The third kappa shape index (κ3) is 4.08. The van der Waals surface area contributed by atoms with E-state index in [0.29, 0.717) is 28.3 Å². The first kappa shape index (κ1) is 23.2. The summed E-state index contributed by atoms with van der Waals surface area (Å²) in [6.45, 7) is 1.48. The molecule has 2 amide bonds. The second-order valence-electron chi connectivity index (χ2n) is 8.14. The Kier molecular flexibility index (Phi) is 5.74. The molecule has 36 heavy (non-hydrogen) atoms. The van der Waals surface area contributed by atoms with Crippen LogP contribution >= 0.6 is 0 Å². The van der Waals surface area contributed by atoms with Crippen molar-refractivity contribution in [2.24, 2.45) is 0 Å². The number of amides is 2. The Morgan fingerprint density at radius 2 is 2.14 bits per heavy atom. The minimum absolute atomic E-state index is 0.0807. The van der Waals surface area contributed by atoms with Gasteiger partial charge in [-0.25, -0.2) is 9.67 Å². The highest BCUT2D eigenvalue weighted by Gasteiger charge is 2.49. The van der Waals surface area contributed by atoms with Gasteiger partial charge in [0.1, 0.15) is 0 Å². The van der Waals surface area contributed by atoms with Gasteiger partial charge in [0.15, 0.2) is 34.7 Å². The van der Waals surface area contributed by atoms with Crippen LogP contribution in [0.5, 0.6) is 6.01 Å². The fraction of sp³-hybridized carbons (Fsp3) is 0.273. The van der Waals surface area contributed by atoms with Crippen molar-refractivity contribution in [1.82, 2.24) is 24.9 Å². The Morgan fingerprint density at radius 3 is 2.94 bits per heavy atom. The Morgan fingerprint density at radius 1 is 1.31 bits per heavy atom. The number of methoxy groups -OCH3 is 1. The maximum Gasteiger partial charge on any atom is 0.318 e. The van der Waals surface area contributed by atoms with Gasteiger partial charge in [0, 0.05) is 36.3 Å². The van der Waals surface area contributed by atoms with Crippen molar-refractivity contribution in [3.8, 4) is 11.8 Å². The molecule has 1 aliphatic heterocycles. The molecule has 2 atom stereocenters. The van der Waals surface area contributed by atoms with Crippen LogP contribution in [-0.2, 0) is 14.3 Å². The molecule has 1 fully saturated rings. The van der Waals surface area contributed by atoms with Crippen LogP contribution < -0.4 is 20.7 Å². The summed E-state index contributed by atoms with van der Waals surface area (Å²) < 4.78 is 17.1. The van der Waals surface area contributed by atoms with Crippen molar-refractivity contribution in [1.29, 1.82) is 0 Å². The largest absolute Gasteiger partial charge is 0.467 e. The van der Waals surface area contributed by atoms with Gasteiger partial charge in [-0.3, -0.25) is 14.5 Å². The summed E-state index contributed by atoms with van der Waals surface area (Å²) in [7, 11) is 1.45. The lowest BCUT2D eigenvalue weighted by atomic mass is 9.95. The third-order valence-electron chi connectivity index (χ3n) is 5.71. The molecule has 1 aromatic carbocycles. The van der Waals surface area contributed by atoms with Crippen LogP contribution in [0.15, 0.2) is 47.2 Å². The first-order valence-corrected chi connectivity index (χ1v) is 10.8. The number of ether oxygens (including phenoxy) is 2. The minimum Gasteiger partial charge on any atom is -0.467 e. The van der Waals surface area contributed by atoms with Gasteiger partial charge < -0.3 is 30.2 Å². The maximum absolute atomic E-state index is 13.3. The monoisotopic (exact) mass is 494 g/mol. The fourth-order valence-electron chi connectivity index (χ4n) is 3.77. The third-order valence-corrected chi connectivity index (χ3v) is 5.71. The normalized spacial score (nSPS) is 17.7. The number of nitrogens with two attached hydrogens (primary N) is 1. The van der Waals surface area contributed by atoms with E-state index in [1.165, 1.54) is 35.9 Å². The van der Waals surface area contributed by atoms with Gasteiger partial charge in [0.2, 0.25) is 0 Å². The molecular weight excluding hydrogens is 472 g/mol. The van der Waals surface area contributed by atoms with Crippen molar-refractivity contribution in [2.45, 2.75) is 18.6 Å². The van der Waals surface area contributed by atoms with Gasteiger partial charge in [-0.05, 0) is 19.1 Å². The molecule has 5 rings (SSSR count). The van der Waals surface area contributed by atoms with E-state index in [1.54, 1.807) is 30.5 Å². The summed E-state index contributed by atoms with van der Waals surface area (Å²) in [6, 6.07) is 8.12. The molecule has 1 saturated heterocycles. The predicted octanol–water partition coefficient (Wildman–Crippen LogP) is 0.516. The molecule has 3 aromatic heterocycles. The van der Waals surface area contributed by atoms with Crippen LogP contribution in [-0.4, -0.2) is 73.8 Å². The lowest BCUT2D eigenvalue weighted by Gasteiger charge is -2.37. The molecule has 0 radical (unpaired) electrons. The highest BCUT2D eigenvalue weighted by atomic mass is 16.5. The van der Waals surface area contributed by atoms with E-state index >= 15 is 0 Å². The van der Waals surface area contributed by atoms with E-state index in [4.69, 9.17) is 19.7 Å². The SMILES string of the molecule is COc1nccc(-n2ccc(N3CCO[C@H](C(C)(O)C(=O)Nc4ccc5c(N)noc5c4)C3=O)n2)n1. The average molecular weight is 494 g/mol. The molecule has 0 saturated carbocycles. The zero-order valence-electron chi connectivity index (χ0n) is 19.3. The van der Waals surface area contributed by atoms with Gasteiger partial charge >= 0.3 is 6.01 Å². The highest BCUT2D eigenvalue weighted by Crippen LogP contribution is 2.27. The second-order valence-corrected chi connectivity index (χ2v) is 8.14. The number of nitrogens with one attached hydrogen (secondary N) is 1. The number of aromatic nitrogens is 5. The Balaban J connectivity index is 1.33. The Labute approximate surface area is 203 Å². The number of fused-ring (bicyclic) bond motifs is 1. The molecule has 4 N–H and O–H groups in total. The number of nitrogens with zero attached hydrogens (tertiary/aromatic N) is 6. The summed E-state index contributed by atoms with van der Waals surface area (Å²) in [6.07, 6.45) is 1.66. The van der Waals surface area contributed by atoms with Crippen LogP contribution in [0, 0.1) is 0 Å². The van der Waals surface area contributed by atoms with Gasteiger partial charge in [0.25, 0.3) is 11.8 Å². The molecule has 186 valence electrons. The van der Waals surface area contributed by atoms with E-state index in [-0.39, 0.29) is 25.0 Å². The van der Waals surface area contributed by atoms with Crippen molar-refractivity contribution < 1.29 is 28.7 Å².